The summed E-state index contributed by atoms with van der Waals surface area (Å²) in [6, 6.07) is 0. The van der Waals surface area contributed by atoms with Crippen molar-refractivity contribution in [3.05, 3.63) is 0 Å². The summed E-state index contributed by atoms with van der Waals surface area (Å²) < 4.78 is 0. The molecule has 3 nitrogen and oxygen atoms in total. The molecule has 1 rings (SSSR count). The quantitative estimate of drug-likeness (QED) is 0.582. The highest BCUT2D eigenvalue weighted by Crippen LogP contribution is 2.20. The molecule has 0 aromatic rings. The minimum atomic E-state index is -0.164. The van der Waals surface area contributed by atoms with Gasteiger partial charge < -0.3 is 5.32 Å². The molecule has 0 atom stereocenters. The van der Waals surface area contributed by atoms with Gasteiger partial charge in [-0.1, -0.05) is 32.6 Å². The van der Waals surface area contributed by atoms with Crippen molar-refractivity contribution < 1.29 is 0 Å². The van der Waals surface area contributed by atoms with Crippen molar-refractivity contribution in [1.29, 1.82) is 0 Å². The van der Waals surface area contributed by atoms with Crippen molar-refractivity contribution >= 4 is 12.4 Å². The van der Waals surface area contributed by atoms with E-state index in [1.807, 2.05) is 0 Å². The molecule has 1 heterocycles. The normalized spacial score (nSPS) is 16.8. The number of rotatable bonds is 10. The van der Waals surface area contributed by atoms with Crippen LogP contribution in [0, 0.1) is 0 Å². The Morgan fingerprint density at radius 2 is 1.59 bits per heavy atom. The van der Waals surface area contributed by atoms with Gasteiger partial charge in [0.2, 0.25) is 0 Å². The van der Waals surface area contributed by atoms with Crippen molar-refractivity contribution in [2.45, 2.75) is 64.5 Å². The summed E-state index contributed by atoms with van der Waals surface area (Å²) in [7, 11) is 0. The van der Waals surface area contributed by atoms with E-state index in [-0.39, 0.29) is 5.66 Å². The molecule has 0 aliphatic carbocycles. The zero-order valence-electron chi connectivity index (χ0n) is 11.4. The van der Waals surface area contributed by atoms with Gasteiger partial charge in [-0.05, 0) is 39.3 Å². The molecule has 0 amide bonds. The fourth-order valence-electron chi connectivity index (χ4n) is 2.08. The van der Waals surface area contributed by atoms with Crippen LogP contribution in [0.3, 0.4) is 0 Å². The first-order valence-electron chi connectivity index (χ1n) is 7.06. The van der Waals surface area contributed by atoms with Gasteiger partial charge in [0.1, 0.15) is 5.66 Å². The van der Waals surface area contributed by atoms with Crippen LogP contribution in [-0.2, 0) is 0 Å². The maximum absolute atomic E-state index is 4.36. The Bertz CT molecular complexity index is 234. The number of aliphatic imine (C=N–C) groups is 2. The molecular weight excluding hydrogens is 210 g/mol. The van der Waals surface area contributed by atoms with Gasteiger partial charge >= 0.3 is 0 Å². The zero-order valence-corrected chi connectivity index (χ0v) is 11.4. The molecule has 0 bridgehead atoms. The van der Waals surface area contributed by atoms with E-state index in [0.717, 1.165) is 25.9 Å². The van der Waals surface area contributed by atoms with Gasteiger partial charge in [0, 0.05) is 12.4 Å². The molecule has 98 valence electrons. The lowest BCUT2D eigenvalue weighted by Gasteiger charge is -2.16. The van der Waals surface area contributed by atoms with Crippen LogP contribution in [0.4, 0.5) is 0 Å². The van der Waals surface area contributed by atoms with Crippen molar-refractivity contribution in [1.82, 2.24) is 5.32 Å². The van der Waals surface area contributed by atoms with Crippen LogP contribution in [0.1, 0.15) is 58.8 Å². The monoisotopic (exact) mass is 237 g/mol. The topological polar surface area (TPSA) is 36.8 Å². The van der Waals surface area contributed by atoms with E-state index in [9.17, 15) is 0 Å². The van der Waals surface area contributed by atoms with Crippen molar-refractivity contribution in [2.24, 2.45) is 9.98 Å². The highest BCUT2D eigenvalue weighted by Gasteiger charge is 2.21. The van der Waals surface area contributed by atoms with Gasteiger partial charge in [0.25, 0.3) is 0 Å². The molecule has 1 N–H and O–H groups in total. The maximum Gasteiger partial charge on any atom is 0.147 e. The third-order valence-corrected chi connectivity index (χ3v) is 3.23. The average Bonchev–Trinajstić information content (AvgIpc) is 2.74. The molecule has 0 saturated heterocycles. The molecule has 3 heteroatoms. The lowest BCUT2D eigenvalue weighted by atomic mass is 10.1. The second kappa shape index (κ2) is 8.40. The predicted octanol–water partition coefficient (Wildman–Crippen LogP) is 3.20. The van der Waals surface area contributed by atoms with Gasteiger partial charge in [0.05, 0.1) is 0 Å². The molecule has 1 aliphatic heterocycles. The van der Waals surface area contributed by atoms with E-state index < -0.39 is 0 Å². The number of nitrogens with one attached hydrogen (secondary N) is 1. The van der Waals surface area contributed by atoms with E-state index in [0.29, 0.717) is 0 Å². The summed E-state index contributed by atoms with van der Waals surface area (Å²) in [5.74, 6) is 0. The predicted molar refractivity (Wildman–Crippen MR) is 76.3 cm³/mol. The minimum Gasteiger partial charge on any atom is -0.317 e. The summed E-state index contributed by atoms with van der Waals surface area (Å²) in [6.07, 6.45) is 12.6. The largest absolute Gasteiger partial charge is 0.317 e. The molecule has 0 spiro atoms. The Hall–Kier alpha value is -0.700. The number of unbranched alkanes of at least 4 members (excludes halogenated alkanes) is 4. The number of nitrogens with zero attached hydrogens (tertiary/aromatic N) is 2. The fraction of sp³-hybridized carbons (Fsp3) is 0.857. The van der Waals surface area contributed by atoms with E-state index >= 15 is 0 Å². The highest BCUT2D eigenvalue weighted by molar-refractivity contribution is 6.17. The standard InChI is InChI=1S/C14H27N3/c1-3-4-5-6-7-10-15-11-8-9-14(2)16-12-13-17-14/h12-13,15H,3-11H2,1-2H3. The van der Waals surface area contributed by atoms with Crippen LogP contribution in [0.15, 0.2) is 9.98 Å². The molecule has 1 aliphatic rings. The maximum atomic E-state index is 4.36. The molecular formula is C14H27N3. The lowest BCUT2D eigenvalue weighted by Crippen LogP contribution is -2.21. The summed E-state index contributed by atoms with van der Waals surface area (Å²) in [4.78, 5) is 8.72. The van der Waals surface area contributed by atoms with Crippen LogP contribution >= 0.6 is 0 Å². The summed E-state index contributed by atoms with van der Waals surface area (Å²) in [6.45, 7) is 6.60. The third kappa shape index (κ3) is 6.57. The second-order valence-electron chi connectivity index (χ2n) is 5.04. The first-order chi connectivity index (χ1) is 8.27. The smallest absolute Gasteiger partial charge is 0.147 e. The summed E-state index contributed by atoms with van der Waals surface area (Å²) in [5.41, 5.74) is -0.164. The average molecular weight is 237 g/mol. The van der Waals surface area contributed by atoms with Crippen molar-refractivity contribution in [2.75, 3.05) is 13.1 Å². The Morgan fingerprint density at radius 3 is 2.29 bits per heavy atom. The van der Waals surface area contributed by atoms with E-state index in [4.69, 9.17) is 0 Å². The summed E-state index contributed by atoms with van der Waals surface area (Å²) in [5, 5.41) is 3.50. The van der Waals surface area contributed by atoms with Crippen LogP contribution in [-0.4, -0.2) is 31.2 Å². The van der Waals surface area contributed by atoms with Crippen molar-refractivity contribution in [3.8, 4) is 0 Å². The van der Waals surface area contributed by atoms with E-state index in [1.165, 1.54) is 32.1 Å². The third-order valence-electron chi connectivity index (χ3n) is 3.23. The Morgan fingerprint density at radius 1 is 0.941 bits per heavy atom. The molecule has 0 aromatic heterocycles. The molecule has 0 saturated carbocycles. The first-order valence-corrected chi connectivity index (χ1v) is 7.06. The van der Waals surface area contributed by atoms with Crippen LogP contribution < -0.4 is 5.32 Å². The SMILES string of the molecule is CCCCCCCNCCCC1(C)N=CC=N1. The summed E-state index contributed by atoms with van der Waals surface area (Å²) >= 11 is 0. The van der Waals surface area contributed by atoms with Gasteiger partial charge in [-0.3, -0.25) is 9.98 Å². The Labute approximate surface area is 106 Å². The second-order valence-corrected chi connectivity index (χ2v) is 5.04. The molecule has 17 heavy (non-hydrogen) atoms. The highest BCUT2D eigenvalue weighted by atomic mass is 15.1. The number of hydrogen-bond donors (Lipinski definition) is 1. The zero-order chi connectivity index (χ0) is 12.4. The minimum absolute atomic E-state index is 0.164. The first kappa shape index (κ1) is 14.4. The van der Waals surface area contributed by atoms with Gasteiger partial charge in [-0.15, -0.1) is 0 Å². The lowest BCUT2D eigenvalue weighted by molar-refractivity contribution is 0.440. The number of hydrogen-bond acceptors (Lipinski definition) is 3. The van der Waals surface area contributed by atoms with Crippen LogP contribution in [0.2, 0.25) is 0 Å². The Balaban J connectivity index is 1.85. The van der Waals surface area contributed by atoms with E-state index in [2.05, 4.69) is 29.1 Å². The Kier molecular flexibility index (Phi) is 7.10. The molecule has 0 radical (unpaired) electrons. The van der Waals surface area contributed by atoms with Gasteiger partial charge in [-0.25, -0.2) is 0 Å². The van der Waals surface area contributed by atoms with Crippen LogP contribution in [0.25, 0.3) is 0 Å². The van der Waals surface area contributed by atoms with Crippen molar-refractivity contribution in [3.63, 3.8) is 0 Å². The fourth-order valence-corrected chi connectivity index (χ4v) is 2.08. The van der Waals surface area contributed by atoms with E-state index in [1.54, 1.807) is 12.4 Å². The molecule has 0 fully saturated rings. The van der Waals surface area contributed by atoms with Crippen LogP contribution in [0.5, 0.6) is 0 Å². The molecule has 0 unspecified atom stereocenters. The van der Waals surface area contributed by atoms with Gasteiger partial charge in [0.15, 0.2) is 0 Å². The molecule has 0 aromatic carbocycles. The van der Waals surface area contributed by atoms with Gasteiger partial charge in [-0.2, -0.15) is 0 Å².